The van der Waals surface area contributed by atoms with E-state index in [0.29, 0.717) is 17.8 Å². The molecule has 92 valence electrons. The first kappa shape index (κ1) is 11.9. The summed E-state index contributed by atoms with van der Waals surface area (Å²) in [6.45, 7) is 4.47. The molecule has 0 radical (unpaired) electrons. The zero-order valence-corrected chi connectivity index (χ0v) is 10.3. The van der Waals surface area contributed by atoms with Gasteiger partial charge in [0.2, 0.25) is 0 Å². The average Bonchev–Trinajstić information content (AvgIpc) is 2.97. The lowest BCUT2D eigenvalue weighted by atomic mass is 9.82. The number of hydrogen-bond donors (Lipinski definition) is 1. The smallest absolute Gasteiger partial charge is 0.323 e. The van der Waals surface area contributed by atoms with Crippen molar-refractivity contribution in [1.29, 1.82) is 0 Å². The van der Waals surface area contributed by atoms with Crippen LogP contribution in [0.25, 0.3) is 0 Å². The molecule has 2 saturated carbocycles. The Hall–Kier alpha value is -0.570. The third kappa shape index (κ3) is 2.97. The van der Waals surface area contributed by atoms with Crippen molar-refractivity contribution in [3.63, 3.8) is 0 Å². The van der Waals surface area contributed by atoms with Crippen LogP contribution in [-0.4, -0.2) is 18.1 Å². The van der Waals surface area contributed by atoms with Gasteiger partial charge in [-0.3, -0.25) is 4.79 Å². The lowest BCUT2D eigenvalue weighted by molar-refractivity contribution is -0.154. The van der Waals surface area contributed by atoms with Crippen molar-refractivity contribution in [3.05, 3.63) is 0 Å². The van der Waals surface area contributed by atoms with Crippen molar-refractivity contribution in [2.75, 3.05) is 0 Å². The van der Waals surface area contributed by atoms with Crippen LogP contribution in [-0.2, 0) is 9.53 Å². The van der Waals surface area contributed by atoms with Gasteiger partial charge in [-0.05, 0) is 49.9 Å². The van der Waals surface area contributed by atoms with E-state index in [9.17, 15) is 4.79 Å². The maximum absolute atomic E-state index is 11.8. The molecule has 2 N–H and O–H groups in total. The molecule has 0 saturated heterocycles. The summed E-state index contributed by atoms with van der Waals surface area (Å²) in [5, 5.41) is 0. The van der Waals surface area contributed by atoms with E-state index in [4.69, 9.17) is 10.5 Å². The zero-order chi connectivity index (χ0) is 11.7. The van der Waals surface area contributed by atoms with E-state index in [-0.39, 0.29) is 18.1 Å². The molecule has 0 heterocycles. The molecule has 2 fully saturated rings. The highest BCUT2D eigenvalue weighted by atomic mass is 16.5. The fraction of sp³-hybridized carbons (Fsp3) is 0.923. The van der Waals surface area contributed by atoms with Gasteiger partial charge in [0, 0.05) is 0 Å². The minimum atomic E-state index is -0.368. The highest BCUT2D eigenvalue weighted by Crippen LogP contribution is 2.34. The molecule has 0 aromatic carbocycles. The van der Waals surface area contributed by atoms with Gasteiger partial charge in [-0.1, -0.05) is 13.8 Å². The Morgan fingerprint density at radius 3 is 2.25 bits per heavy atom. The Labute approximate surface area is 97.7 Å². The van der Waals surface area contributed by atoms with Crippen LogP contribution >= 0.6 is 0 Å². The number of carbonyl (C=O) groups is 1. The molecule has 0 aromatic heterocycles. The summed E-state index contributed by atoms with van der Waals surface area (Å²) in [6, 6.07) is -0.368. The SMILES string of the molecule is CC1CC(C)CC(OC(=O)C(N)C2CC2)C1. The van der Waals surface area contributed by atoms with Crippen LogP contribution in [0.5, 0.6) is 0 Å². The van der Waals surface area contributed by atoms with Crippen LogP contribution < -0.4 is 5.73 Å². The fourth-order valence-corrected chi connectivity index (χ4v) is 2.86. The third-order valence-corrected chi connectivity index (χ3v) is 3.82. The largest absolute Gasteiger partial charge is 0.461 e. The molecule has 3 nitrogen and oxygen atoms in total. The average molecular weight is 225 g/mol. The summed E-state index contributed by atoms with van der Waals surface area (Å²) in [5.74, 6) is 1.55. The van der Waals surface area contributed by atoms with Crippen molar-refractivity contribution in [3.8, 4) is 0 Å². The predicted octanol–water partition coefficient (Wildman–Crippen LogP) is 2.09. The van der Waals surface area contributed by atoms with Crippen LogP contribution in [0.3, 0.4) is 0 Å². The molecule has 0 amide bonds. The van der Waals surface area contributed by atoms with E-state index in [0.717, 1.165) is 25.7 Å². The van der Waals surface area contributed by atoms with Crippen LogP contribution in [0.15, 0.2) is 0 Å². The zero-order valence-electron chi connectivity index (χ0n) is 10.3. The molecule has 0 spiro atoms. The van der Waals surface area contributed by atoms with E-state index in [1.807, 2.05) is 0 Å². The van der Waals surface area contributed by atoms with E-state index in [1.54, 1.807) is 0 Å². The molecular formula is C13H23NO2. The number of esters is 1. The van der Waals surface area contributed by atoms with E-state index in [2.05, 4.69) is 13.8 Å². The maximum atomic E-state index is 11.8. The topological polar surface area (TPSA) is 52.3 Å². The molecule has 3 atom stereocenters. The summed E-state index contributed by atoms with van der Waals surface area (Å²) < 4.78 is 5.53. The molecule has 0 aliphatic heterocycles. The van der Waals surface area contributed by atoms with Crippen molar-refractivity contribution in [2.24, 2.45) is 23.5 Å². The van der Waals surface area contributed by atoms with E-state index >= 15 is 0 Å². The summed E-state index contributed by atoms with van der Waals surface area (Å²) in [4.78, 5) is 11.8. The molecule has 2 aliphatic carbocycles. The van der Waals surface area contributed by atoms with Gasteiger partial charge in [0.05, 0.1) is 0 Å². The minimum absolute atomic E-state index is 0.107. The van der Waals surface area contributed by atoms with Crippen LogP contribution in [0.4, 0.5) is 0 Å². The Bertz CT molecular complexity index is 253. The number of ether oxygens (including phenoxy) is 1. The Morgan fingerprint density at radius 1 is 1.19 bits per heavy atom. The molecule has 0 bridgehead atoms. The minimum Gasteiger partial charge on any atom is -0.461 e. The maximum Gasteiger partial charge on any atom is 0.323 e. The second kappa shape index (κ2) is 4.74. The molecule has 2 rings (SSSR count). The number of rotatable bonds is 3. The highest BCUT2D eigenvalue weighted by molar-refractivity contribution is 5.76. The molecule has 2 aliphatic rings. The third-order valence-electron chi connectivity index (χ3n) is 3.82. The quantitative estimate of drug-likeness (QED) is 0.748. The predicted molar refractivity (Wildman–Crippen MR) is 62.8 cm³/mol. The normalized spacial score (nSPS) is 36.8. The first-order valence-corrected chi connectivity index (χ1v) is 6.52. The van der Waals surface area contributed by atoms with Crippen molar-refractivity contribution in [2.45, 2.75) is 58.1 Å². The Balaban J connectivity index is 1.81. The molecule has 3 unspecified atom stereocenters. The first-order chi connectivity index (χ1) is 7.56. The van der Waals surface area contributed by atoms with Crippen molar-refractivity contribution < 1.29 is 9.53 Å². The standard InChI is InChI=1S/C13H23NO2/c1-8-5-9(2)7-11(6-8)16-13(15)12(14)10-3-4-10/h8-12H,3-7,14H2,1-2H3. The molecule has 3 heteroatoms. The van der Waals surface area contributed by atoms with Crippen LogP contribution in [0.1, 0.15) is 46.0 Å². The summed E-state index contributed by atoms with van der Waals surface area (Å²) >= 11 is 0. The second-order valence-electron chi connectivity index (χ2n) is 5.84. The van der Waals surface area contributed by atoms with Crippen molar-refractivity contribution >= 4 is 5.97 Å². The van der Waals surface area contributed by atoms with Gasteiger partial charge in [-0.2, -0.15) is 0 Å². The molecular weight excluding hydrogens is 202 g/mol. The Morgan fingerprint density at radius 2 is 1.75 bits per heavy atom. The molecule has 16 heavy (non-hydrogen) atoms. The lowest BCUT2D eigenvalue weighted by Crippen LogP contribution is -2.38. The fourth-order valence-electron chi connectivity index (χ4n) is 2.86. The molecule has 0 aromatic rings. The first-order valence-electron chi connectivity index (χ1n) is 6.52. The highest BCUT2D eigenvalue weighted by Gasteiger charge is 2.36. The number of carbonyl (C=O) groups excluding carboxylic acids is 1. The van der Waals surface area contributed by atoms with Gasteiger partial charge < -0.3 is 10.5 Å². The van der Waals surface area contributed by atoms with Gasteiger partial charge in [0.1, 0.15) is 12.1 Å². The van der Waals surface area contributed by atoms with Gasteiger partial charge in [0.25, 0.3) is 0 Å². The van der Waals surface area contributed by atoms with Crippen LogP contribution in [0, 0.1) is 17.8 Å². The van der Waals surface area contributed by atoms with E-state index < -0.39 is 0 Å². The lowest BCUT2D eigenvalue weighted by Gasteiger charge is -2.31. The van der Waals surface area contributed by atoms with Gasteiger partial charge in [-0.25, -0.2) is 0 Å². The van der Waals surface area contributed by atoms with E-state index in [1.165, 1.54) is 6.42 Å². The van der Waals surface area contributed by atoms with Gasteiger partial charge in [0.15, 0.2) is 0 Å². The number of nitrogens with two attached hydrogens (primary N) is 1. The van der Waals surface area contributed by atoms with Gasteiger partial charge in [-0.15, -0.1) is 0 Å². The second-order valence-corrected chi connectivity index (χ2v) is 5.84. The Kier molecular flexibility index (Phi) is 3.53. The summed E-state index contributed by atoms with van der Waals surface area (Å²) in [6.07, 6.45) is 5.56. The summed E-state index contributed by atoms with van der Waals surface area (Å²) in [7, 11) is 0. The number of hydrogen-bond acceptors (Lipinski definition) is 3. The van der Waals surface area contributed by atoms with Gasteiger partial charge >= 0.3 is 5.97 Å². The summed E-state index contributed by atoms with van der Waals surface area (Å²) in [5.41, 5.74) is 5.83. The monoisotopic (exact) mass is 225 g/mol. The van der Waals surface area contributed by atoms with Crippen molar-refractivity contribution in [1.82, 2.24) is 0 Å². The van der Waals surface area contributed by atoms with Crippen LogP contribution in [0.2, 0.25) is 0 Å².